The van der Waals surface area contributed by atoms with Crippen molar-refractivity contribution in [1.82, 2.24) is 0 Å². The summed E-state index contributed by atoms with van der Waals surface area (Å²) in [5.41, 5.74) is 0. The van der Waals surface area contributed by atoms with Crippen molar-refractivity contribution in [3.05, 3.63) is 12.7 Å². The lowest BCUT2D eigenvalue weighted by Gasteiger charge is -2.36. The Bertz CT molecular complexity index is 121. The van der Waals surface area contributed by atoms with Crippen LogP contribution in [0.2, 0.25) is 0 Å². The summed E-state index contributed by atoms with van der Waals surface area (Å²) in [5.74, 6) is 0. The van der Waals surface area contributed by atoms with E-state index in [2.05, 4.69) is 13.6 Å². The van der Waals surface area contributed by atoms with Crippen molar-refractivity contribution in [3.63, 3.8) is 0 Å². The minimum atomic E-state index is 0. The molecular formula is C8H16BrNO. The Balaban J connectivity index is 0.000001000. The van der Waals surface area contributed by atoms with Crippen molar-refractivity contribution < 1.29 is 26.2 Å². The molecule has 1 rings (SSSR count). The average Bonchev–Trinajstić information content (AvgIpc) is 1.89. The van der Waals surface area contributed by atoms with Gasteiger partial charge in [-0.2, -0.15) is 0 Å². The number of halogens is 1. The SMILES string of the molecule is C=CC[N+]1(C)CCOCC1.[Br-]. The van der Waals surface area contributed by atoms with E-state index in [1.54, 1.807) is 0 Å². The van der Waals surface area contributed by atoms with Gasteiger partial charge in [0, 0.05) is 0 Å². The van der Waals surface area contributed by atoms with Gasteiger partial charge in [-0.1, -0.05) is 6.58 Å². The molecule has 0 atom stereocenters. The van der Waals surface area contributed by atoms with Crippen molar-refractivity contribution in [2.24, 2.45) is 0 Å². The zero-order valence-electron chi connectivity index (χ0n) is 7.05. The number of likely N-dealkylation sites (N-methyl/N-ethyl adjacent to an activating group) is 1. The minimum Gasteiger partial charge on any atom is -1.00 e. The average molecular weight is 222 g/mol. The molecule has 1 saturated heterocycles. The molecule has 0 unspecified atom stereocenters. The highest BCUT2D eigenvalue weighted by Gasteiger charge is 2.22. The van der Waals surface area contributed by atoms with Gasteiger partial charge in [0.1, 0.15) is 13.1 Å². The third-order valence-electron chi connectivity index (χ3n) is 2.12. The van der Waals surface area contributed by atoms with Gasteiger partial charge in [0.2, 0.25) is 0 Å². The summed E-state index contributed by atoms with van der Waals surface area (Å²) in [6.45, 7) is 8.89. The number of hydrogen-bond acceptors (Lipinski definition) is 1. The molecule has 0 saturated carbocycles. The van der Waals surface area contributed by atoms with Crippen LogP contribution in [-0.4, -0.2) is 44.4 Å². The van der Waals surface area contributed by atoms with Crippen molar-refractivity contribution >= 4 is 0 Å². The first-order valence-corrected chi connectivity index (χ1v) is 3.79. The van der Waals surface area contributed by atoms with Crippen LogP contribution in [0.4, 0.5) is 0 Å². The normalized spacial score (nSPS) is 21.9. The first kappa shape index (κ1) is 11.1. The summed E-state index contributed by atoms with van der Waals surface area (Å²) in [6.07, 6.45) is 1.99. The maximum atomic E-state index is 5.26. The molecule has 0 spiro atoms. The Hall–Kier alpha value is 0.140. The van der Waals surface area contributed by atoms with E-state index >= 15 is 0 Å². The van der Waals surface area contributed by atoms with Gasteiger partial charge in [-0.25, -0.2) is 0 Å². The van der Waals surface area contributed by atoms with Gasteiger partial charge in [0.05, 0.1) is 26.8 Å². The van der Waals surface area contributed by atoms with E-state index in [-0.39, 0.29) is 17.0 Å². The molecule has 11 heavy (non-hydrogen) atoms. The van der Waals surface area contributed by atoms with E-state index in [4.69, 9.17) is 4.74 Å². The fraction of sp³-hybridized carbons (Fsp3) is 0.750. The topological polar surface area (TPSA) is 9.23 Å². The highest BCUT2D eigenvalue weighted by Crippen LogP contribution is 2.06. The number of quaternary nitrogens is 1. The van der Waals surface area contributed by atoms with Gasteiger partial charge < -0.3 is 26.2 Å². The zero-order valence-corrected chi connectivity index (χ0v) is 8.64. The fourth-order valence-corrected chi connectivity index (χ4v) is 1.28. The fourth-order valence-electron chi connectivity index (χ4n) is 1.28. The second-order valence-electron chi connectivity index (χ2n) is 3.15. The second-order valence-corrected chi connectivity index (χ2v) is 3.15. The Labute approximate surface area is 79.2 Å². The second kappa shape index (κ2) is 4.91. The lowest BCUT2D eigenvalue weighted by atomic mass is 10.3. The van der Waals surface area contributed by atoms with Crippen molar-refractivity contribution in [1.29, 1.82) is 0 Å². The quantitative estimate of drug-likeness (QED) is 0.375. The van der Waals surface area contributed by atoms with Crippen LogP contribution in [0, 0.1) is 0 Å². The summed E-state index contributed by atoms with van der Waals surface area (Å²) >= 11 is 0. The molecule has 2 nitrogen and oxygen atoms in total. The Morgan fingerprint density at radius 3 is 2.45 bits per heavy atom. The molecule has 0 radical (unpaired) electrons. The van der Waals surface area contributed by atoms with Gasteiger partial charge in [-0.15, -0.1) is 0 Å². The Morgan fingerprint density at radius 1 is 1.45 bits per heavy atom. The maximum absolute atomic E-state index is 5.26. The third kappa shape index (κ3) is 3.36. The summed E-state index contributed by atoms with van der Waals surface area (Å²) in [5, 5.41) is 0. The predicted molar refractivity (Wildman–Crippen MR) is 41.8 cm³/mol. The number of nitrogens with zero attached hydrogens (tertiary/aromatic N) is 1. The van der Waals surface area contributed by atoms with Crippen LogP contribution in [0.3, 0.4) is 0 Å². The van der Waals surface area contributed by atoms with Gasteiger partial charge in [0.25, 0.3) is 0 Å². The summed E-state index contributed by atoms with van der Waals surface area (Å²) in [6, 6.07) is 0. The lowest BCUT2D eigenvalue weighted by molar-refractivity contribution is -0.911. The van der Waals surface area contributed by atoms with Gasteiger partial charge in [-0.05, 0) is 6.08 Å². The highest BCUT2D eigenvalue weighted by molar-refractivity contribution is 4.66. The van der Waals surface area contributed by atoms with E-state index in [1.165, 1.54) is 0 Å². The molecule has 0 aromatic carbocycles. The third-order valence-corrected chi connectivity index (χ3v) is 2.12. The van der Waals surface area contributed by atoms with Crippen LogP contribution in [0.1, 0.15) is 0 Å². The lowest BCUT2D eigenvalue weighted by Crippen LogP contribution is -3.00. The molecule has 0 amide bonds. The van der Waals surface area contributed by atoms with Crippen molar-refractivity contribution in [2.45, 2.75) is 0 Å². The Kier molecular flexibility index (Phi) is 4.97. The standard InChI is InChI=1S/C8H16NO.BrH/c1-3-4-9(2)5-7-10-8-6-9;/h3H,1,4-8H2,2H3;1H/q+1;/p-1. The van der Waals surface area contributed by atoms with Gasteiger partial charge in [0.15, 0.2) is 0 Å². The molecule has 0 bridgehead atoms. The molecule has 1 fully saturated rings. The van der Waals surface area contributed by atoms with E-state index < -0.39 is 0 Å². The molecule has 1 aliphatic heterocycles. The number of hydrogen-bond donors (Lipinski definition) is 0. The molecular weight excluding hydrogens is 206 g/mol. The van der Waals surface area contributed by atoms with E-state index in [9.17, 15) is 0 Å². The van der Waals surface area contributed by atoms with E-state index in [0.29, 0.717) is 0 Å². The van der Waals surface area contributed by atoms with Crippen LogP contribution in [0.25, 0.3) is 0 Å². The molecule has 0 aromatic heterocycles. The monoisotopic (exact) mass is 221 g/mol. The number of ether oxygens (including phenoxy) is 1. The van der Waals surface area contributed by atoms with Gasteiger partial charge >= 0.3 is 0 Å². The number of rotatable bonds is 2. The zero-order chi connectivity index (χ0) is 7.45. The van der Waals surface area contributed by atoms with Crippen LogP contribution >= 0.6 is 0 Å². The Morgan fingerprint density at radius 2 is 2.00 bits per heavy atom. The summed E-state index contributed by atoms with van der Waals surface area (Å²) in [7, 11) is 2.25. The number of morpholine rings is 1. The van der Waals surface area contributed by atoms with Crippen molar-refractivity contribution in [2.75, 3.05) is 39.9 Å². The smallest absolute Gasteiger partial charge is 0.102 e. The van der Waals surface area contributed by atoms with Crippen LogP contribution in [0.15, 0.2) is 12.7 Å². The van der Waals surface area contributed by atoms with Crippen LogP contribution in [0.5, 0.6) is 0 Å². The highest BCUT2D eigenvalue weighted by atomic mass is 79.9. The molecule has 3 heteroatoms. The van der Waals surface area contributed by atoms with Crippen molar-refractivity contribution in [3.8, 4) is 0 Å². The summed E-state index contributed by atoms with van der Waals surface area (Å²) in [4.78, 5) is 0. The molecule has 0 N–H and O–H groups in total. The van der Waals surface area contributed by atoms with Crippen LogP contribution in [-0.2, 0) is 4.74 Å². The van der Waals surface area contributed by atoms with Gasteiger partial charge in [-0.3, -0.25) is 0 Å². The van der Waals surface area contributed by atoms with E-state index in [1.807, 2.05) is 6.08 Å². The molecule has 0 aromatic rings. The first-order valence-electron chi connectivity index (χ1n) is 3.79. The molecule has 0 aliphatic carbocycles. The molecule has 66 valence electrons. The molecule has 1 heterocycles. The first-order chi connectivity index (χ1) is 4.77. The molecule has 1 aliphatic rings. The maximum Gasteiger partial charge on any atom is 0.102 e. The largest absolute Gasteiger partial charge is 1.00 e. The summed E-state index contributed by atoms with van der Waals surface area (Å²) < 4.78 is 6.36. The van der Waals surface area contributed by atoms with E-state index in [0.717, 1.165) is 37.3 Å². The van der Waals surface area contributed by atoms with Crippen LogP contribution < -0.4 is 17.0 Å². The predicted octanol–water partition coefficient (Wildman–Crippen LogP) is -2.35. The minimum absolute atomic E-state index is 0.